The van der Waals surface area contributed by atoms with Gasteiger partial charge in [-0.3, -0.25) is 9.78 Å². The van der Waals surface area contributed by atoms with Crippen molar-refractivity contribution in [1.82, 2.24) is 14.6 Å². The van der Waals surface area contributed by atoms with Gasteiger partial charge in [-0.05, 0) is 46.3 Å². The minimum absolute atomic E-state index is 0.0198. The summed E-state index contributed by atoms with van der Waals surface area (Å²) < 4.78 is 32.5. The largest absolute Gasteiger partial charge is 0.383 e. The van der Waals surface area contributed by atoms with E-state index < -0.39 is 10.0 Å². The van der Waals surface area contributed by atoms with Crippen LogP contribution in [-0.4, -0.2) is 51.5 Å². The van der Waals surface area contributed by atoms with Crippen LogP contribution in [0.15, 0.2) is 52.0 Å². The maximum atomic E-state index is 12.7. The van der Waals surface area contributed by atoms with Gasteiger partial charge in [-0.2, -0.15) is 0 Å². The highest BCUT2D eigenvalue weighted by atomic mass is 79.9. The summed E-state index contributed by atoms with van der Waals surface area (Å²) in [7, 11) is -0.595. The first-order valence-electron chi connectivity index (χ1n) is 7.78. The van der Waals surface area contributed by atoms with Crippen LogP contribution in [0.4, 0.5) is 0 Å². The molecule has 0 aliphatic heterocycles. The third kappa shape index (κ3) is 5.34. The van der Waals surface area contributed by atoms with E-state index in [1.165, 1.54) is 24.1 Å². The number of rotatable bonds is 8. The molecule has 0 unspecified atom stereocenters. The summed E-state index contributed by atoms with van der Waals surface area (Å²) in [5.41, 5.74) is 1.00. The molecule has 1 heterocycles. The van der Waals surface area contributed by atoms with Gasteiger partial charge >= 0.3 is 0 Å². The van der Waals surface area contributed by atoms with Crippen molar-refractivity contribution in [2.24, 2.45) is 0 Å². The highest BCUT2D eigenvalue weighted by molar-refractivity contribution is 9.10. The van der Waals surface area contributed by atoms with Crippen LogP contribution in [0.1, 0.15) is 16.1 Å². The number of carbonyl (C=O) groups excluding carboxylic acids is 1. The average molecular weight is 442 g/mol. The quantitative estimate of drug-likeness (QED) is 0.633. The molecule has 2 rings (SSSR count). The van der Waals surface area contributed by atoms with E-state index in [2.05, 4.69) is 25.6 Å². The van der Waals surface area contributed by atoms with Crippen molar-refractivity contribution in [1.29, 1.82) is 0 Å². The lowest BCUT2D eigenvalue weighted by atomic mass is 10.2. The molecule has 0 atom stereocenters. The predicted octanol–water partition coefficient (Wildman–Crippen LogP) is 2.04. The second kappa shape index (κ2) is 9.22. The van der Waals surface area contributed by atoms with Crippen molar-refractivity contribution in [2.45, 2.75) is 11.4 Å². The standard InChI is InChI=1S/C17H20BrN3O4S/c1-21(12-13-5-3-4-8-19-13)17(22)15-11-14(6-7-16(15)18)26(23,24)20-9-10-25-2/h3-8,11,20H,9-10,12H2,1-2H3. The van der Waals surface area contributed by atoms with Gasteiger partial charge in [-0.1, -0.05) is 6.07 Å². The van der Waals surface area contributed by atoms with Gasteiger partial charge in [0.15, 0.2) is 0 Å². The molecule has 1 aromatic carbocycles. The van der Waals surface area contributed by atoms with Gasteiger partial charge in [0.2, 0.25) is 10.0 Å². The van der Waals surface area contributed by atoms with Gasteiger partial charge in [0, 0.05) is 31.4 Å². The van der Waals surface area contributed by atoms with Crippen molar-refractivity contribution >= 4 is 31.9 Å². The second-order valence-electron chi connectivity index (χ2n) is 5.51. The maximum absolute atomic E-state index is 12.7. The average Bonchev–Trinajstić information content (AvgIpc) is 2.62. The Morgan fingerprint density at radius 1 is 1.31 bits per heavy atom. The van der Waals surface area contributed by atoms with Crippen molar-refractivity contribution in [3.05, 3.63) is 58.3 Å². The molecule has 0 radical (unpaired) electrons. The third-order valence-electron chi connectivity index (χ3n) is 3.55. The Morgan fingerprint density at radius 2 is 2.08 bits per heavy atom. The molecule has 0 saturated heterocycles. The lowest BCUT2D eigenvalue weighted by molar-refractivity contribution is 0.0782. The molecule has 0 aliphatic rings. The van der Waals surface area contributed by atoms with Crippen molar-refractivity contribution < 1.29 is 17.9 Å². The SMILES string of the molecule is COCCNS(=O)(=O)c1ccc(Br)c(C(=O)N(C)Cc2ccccn2)c1. The highest BCUT2D eigenvalue weighted by Gasteiger charge is 2.20. The topological polar surface area (TPSA) is 88.6 Å². The van der Waals surface area contributed by atoms with Crippen molar-refractivity contribution in [2.75, 3.05) is 27.3 Å². The Hall–Kier alpha value is -1.81. The third-order valence-corrected chi connectivity index (χ3v) is 5.70. The summed E-state index contributed by atoms with van der Waals surface area (Å²) in [6.07, 6.45) is 1.66. The van der Waals surface area contributed by atoms with E-state index in [0.29, 0.717) is 11.0 Å². The van der Waals surface area contributed by atoms with Crippen LogP contribution >= 0.6 is 15.9 Å². The van der Waals surface area contributed by atoms with Crippen LogP contribution in [-0.2, 0) is 21.3 Å². The Bertz CT molecular complexity index is 860. The zero-order chi connectivity index (χ0) is 19.2. The number of benzene rings is 1. The maximum Gasteiger partial charge on any atom is 0.255 e. The fourth-order valence-electron chi connectivity index (χ4n) is 2.21. The van der Waals surface area contributed by atoms with Gasteiger partial charge in [0.05, 0.1) is 29.3 Å². The first-order chi connectivity index (χ1) is 12.3. The Kier molecular flexibility index (Phi) is 7.27. The molecule has 0 aliphatic carbocycles. The number of nitrogens with one attached hydrogen (secondary N) is 1. The summed E-state index contributed by atoms with van der Waals surface area (Å²) in [4.78, 5) is 18.4. The fraction of sp³-hybridized carbons (Fsp3) is 0.294. The molecule has 0 bridgehead atoms. The monoisotopic (exact) mass is 441 g/mol. The number of amides is 1. The number of aromatic nitrogens is 1. The van der Waals surface area contributed by atoms with E-state index in [1.54, 1.807) is 25.4 Å². The lowest BCUT2D eigenvalue weighted by Crippen LogP contribution is -2.29. The first-order valence-corrected chi connectivity index (χ1v) is 10.1. The molecule has 26 heavy (non-hydrogen) atoms. The van der Waals surface area contributed by atoms with Gasteiger partial charge in [0.25, 0.3) is 5.91 Å². The number of methoxy groups -OCH3 is 1. The van der Waals surface area contributed by atoms with Gasteiger partial charge in [0.1, 0.15) is 0 Å². The van der Waals surface area contributed by atoms with Crippen LogP contribution < -0.4 is 4.72 Å². The Labute approximate surface area is 161 Å². The zero-order valence-electron chi connectivity index (χ0n) is 14.5. The van der Waals surface area contributed by atoms with Crippen LogP contribution in [0, 0.1) is 0 Å². The summed E-state index contributed by atoms with van der Waals surface area (Å²) >= 11 is 3.32. The van der Waals surface area contributed by atoms with E-state index in [0.717, 1.165) is 5.69 Å². The Balaban J connectivity index is 2.21. The van der Waals surface area contributed by atoms with Crippen LogP contribution in [0.3, 0.4) is 0 Å². The van der Waals surface area contributed by atoms with E-state index in [9.17, 15) is 13.2 Å². The lowest BCUT2D eigenvalue weighted by Gasteiger charge is -2.18. The summed E-state index contributed by atoms with van der Waals surface area (Å²) in [5.74, 6) is -0.309. The highest BCUT2D eigenvalue weighted by Crippen LogP contribution is 2.22. The van der Waals surface area contributed by atoms with E-state index >= 15 is 0 Å². The number of nitrogens with zero attached hydrogens (tertiary/aromatic N) is 2. The van der Waals surface area contributed by atoms with Gasteiger partial charge < -0.3 is 9.64 Å². The summed E-state index contributed by atoms with van der Waals surface area (Å²) in [5, 5.41) is 0. The van der Waals surface area contributed by atoms with Crippen LogP contribution in [0.2, 0.25) is 0 Å². The number of hydrogen-bond donors (Lipinski definition) is 1. The number of halogens is 1. The van der Waals surface area contributed by atoms with Gasteiger partial charge in [-0.15, -0.1) is 0 Å². The van der Waals surface area contributed by atoms with Gasteiger partial charge in [-0.25, -0.2) is 13.1 Å². The number of hydrogen-bond acceptors (Lipinski definition) is 5. The first kappa shape index (κ1) is 20.5. The molecule has 1 amide bonds. The smallest absolute Gasteiger partial charge is 0.255 e. The Morgan fingerprint density at radius 3 is 2.73 bits per heavy atom. The molecule has 9 heteroatoms. The zero-order valence-corrected chi connectivity index (χ0v) is 16.9. The molecule has 140 valence electrons. The van der Waals surface area contributed by atoms with Crippen molar-refractivity contribution in [3.8, 4) is 0 Å². The molecule has 0 saturated carbocycles. The summed E-state index contributed by atoms with van der Waals surface area (Å²) in [6, 6.07) is 9.81. The van der Waals surface area contributed by atoms with Crippen LogP contribution in [0.25, 0.3) is 0 Å². The number of carbonyl (C=O) groups is 1. The molecule has 0 spiro atoms. The fourth-order valence-corrected chi connectivity index (χ4v) is 3.66. The number of ether oxygens (including phenoxy) is 1. The minimum atomic E-state index is -3.72. The van der Waals surface area contributed by atoms with Crippen molar-refractivity contribution in [3.63, 3.8) is 0 Å². The molecular weight excluding hydrogens is 422 g/mol. The minimum Gasteiger partial charge on any atom is -0.383 e. The van der Waals surface area contributed by atoms with E-state index in [1.807, 2.05) is 12.1 Å². The normalized spacial score (nSPS) is 11.3. The molecule has 2 aromatic rings. The van der Waals surface area contributed by atoms with E-state index in [-0.39, 0.29) is 29.5 Å². The molecule has 7 nitrogen and oxygen atoms in total. The number of pyridine rings is 1. The predicted molar refractivity (Wildman–Crippen MR) is 101 cm³/mol. The number of sulfonamides is 1. The van der Waals surface area contributed by atoms with E-state index in [4.69, 9.17) is 4.74 Å². The molecule has 1 aromatic heterocycles. The second-order valence-corrected chi connectivity index (χ2v) is 8.14. The molecule has 1 N–H and O–H groups in total. The van der Waals surface area contributed by atoms with Crippen LogP contribution in [0.5, 0.6) is 0 Å². The summed E-state index contributed by atoms with van der Waals surface area (Å²) in [6.45, 7) is 0.724. The molecule has 0 fully saturated rings. The molecular formula is C17H20BrN3O4S.